The number of hydrogen-bond acceptors (Lipinski definition) is 3. The first kappa shape index (κ1) is 9.19. The van der Waals surface area contributed by atoms with Crippen molar-refractivity contribution >= 4 is 5.90 Å². The molecule has 2 rings (SSSR count). The van der Waals surface area contributed by atoms with Crippen LogP contribution in [-0.4, -0.2) is 23.5 Å². The van der Waals surface area contributed by atoms with Gasteiger partial charge in [0.25, 0.3) is 0 Å². The van der Waals surface area contributed by atoms with E-state index in [4.69, 9.17) is 4.74 Å². The highest BCUT2D eigenvalue weighted by Gasteiger charge is 2.22. The van der Waals surface area contributed by atoms with E-state index in [0.717, 1.165) is 11.5 Å². The number of ether oxygens (including phenoxy) is 1. The monoisotopic (exact) mass is 190 g/mol. The molecule has 0 N–H and O–H groups in total. The van der Waals surface area contributed by atoms with Crippen LogP contribution < -0.4 is 0 Å². The summed E-state index contributed by atoms with van der Waals surface area (Å²) in [5.41, 5.74) is 1.02. The largest absolute Gasteiger partial charge is 0.475 e. The maximum absolute atomic E-state index is 5.54. The molecule has 0 fully saturated rings. The second kappa shape index (κ2) is 3.78. The Balaban J connectivity index is 2.18. The van der Waals surface area contributed by atoms with Gasteiger partial charge in [0.15, 0.2) is 0 Å². The Labute approximate surface area is 83.8 Å². The summed E-state index contributed by atoms with van der Waals surface area (Å²) in [6, 6.07) is 4.14. The van der Waals surface area contributed by atoms with Crippen LogP contribution in [0, 0.1) is 5.92 Å². The molecule has 0 bridgehead atoms. The minimum Gasteiger partial charge on any atom is -0.475 e. The van der Waals surface area contributed by atoms with E-state index in [0.29, 0.717) is 18.6 Å². The van der Waals surface area contributed by atoms with Crippen molar-refractivity contribution in [3.63, 3.8) is 0 Å². The van der Waals surface area contributed by atoms with E-state index in [1.807, 2.05) is 12.1 Å². The standard InChI is InChI=1S/C11H14N2O/c1-8(2)10-7-14-11(13-10)9-3-5-12-6-4-9/h3-6,8,10H,7H2,1-2H3. The molecule has 3 heteroatoms. The Morgan fingerprint density at radius 1 is 1.36 bits per heavy atom. The van der Waals surface area contributed by atoms with Gasteiger partial charge >= 0.3 is 0 Å². The van der Waals surface area contributed by atoms with Crippen molar-refractivity contribution in [2.45, 2.75) is 19.9 Å². The van der Waals surface area contributed by atoms with E-state index in [1.54, 1.807) is 12.4 Å². The summed E-state index contributed by atoms with van der Waals surface area (Å²) in [7, 11) is 0. The molecule has 1 atom stereocenters. The van der Waals surface area contributed by atoms with E-state index in [9.17, 15) is 0 Å². The van der Waals surface area contributed by atoms with Crippen LogP contribution in [0.1, 0.15) is 19.4 Å². The molecule has 0 aliphatic carbocycles. The van der Waals surface area contributed by atoms with Gasteiger partial charge in [-0.25, -0.2) is 4.99 Å². The normalized spacial score (nSPS) is 20.8. The second-order valence-corrected chi connectivity index (χ2v) is 3.79. The third-order valence-electron chi connectivity index (χ3n) is 2.37. The number of nitrogens with zero attached hydrogens (tertiary/aromatic N) is 2. The van der Waals surface area contributed by atoms with Crippen molar-refractivity contribution in [2.75, 3.05) is 6.61 Å². The van der Waals surface area contributed by atoms with Crippen LogP contribution in [0.5, 0.6) is 0 Å². The van der Waals surface area contributed by atoms with Crippen LogP contribution in [0.2, 0.25) is 0 Å². The summed E-state index contributed by atoms with van der Waals surface area (Å²) < 4.78 is 5.54. The summed E-state index contributed by atoms with van der Waals surface area (Å²) >= 11 is 0. The zero-order valence-corrected chi connectivity index (χ0v) is 8.47. The number of pyridine rings is 1. The Morgan fingerprint density at radius 3 is 2.64 bits per heavy atom. The molecule has 14 heavy (non-hydrogen) atoms. The molecule has 0 aromatic carbocycles. The highest BCUT2D eigenvalue weighted by atomic mass is 16.5. The van der Waals surface area contributed by atoms with Crippen LogP contribution >= 0.6 is 0 Å². The smallest absolute Gasteiger partial charge is 0.216 e. The van der Waals surface area contributed by atoms with Gasteiger partial charge in [-0.3, -0.25) is 4.98 Å². The van der Waals surface area contributed by atoms with E-state index in [-0.39, 0.29) is 0 Å². The highest BCUT2D eigenvalue weighted by Crippen LogP contribution is 2.16. The summed E-state index contributed by atoms with van der Waals surface area (Å²) in [5, 5.41) is 0. The third kappa shape index (κ3) is 1.76. The maximum atomic E-state index is 5.54. The van der Waals surface area contributed by atoms with Gasteiger partial charge in [-0.15, -0.1) is 0 Å². The molecule has 0 saturated heterocycles. The zero-order valence-electron chi connectivity index (χ0n) is 8.47. The Bertz CT molecular complexity index is 332. The van der Waals surface area contributed by atoms with E-state index in [2.05, 4.69) is 23.8 Å². The zero-order chi connectivity index (χ0) is 9.97. The van der Waals surface area contributed by atoms with Gasteiger partial charge < -0.3 is 4.74 Å². The van der Waals surface area contributed by atoms with Crippen molar-refractivity contribution in [3.8, 4) is 0 Å². The van der Waals surface area contributed by atoms with Crippen molar-refractivity contribution in [1.29, 1.82) is 0 Å². The van der Waals surface area contributed by atoms with Crippen molar-refractivity contribution in [2.24, 2.45) is 10.9 Å². The molecule has 1 aromatic heterocycles. The average Bonchev–Trinajstić information content (AvgIpc) is 2.68. The topological polar surface area (TPSA) is 34.5 Å². The predicted octanol–water partition coefficient (Wildman–Crippen LogP) is 1.88. The Kier molecular flexibility index (Phi) is 2.48. The van der Waals surface area contributed by atoms with Gasteiger partial charge in [0.1, 0.15) is 6.61 Å². The third-order valence-corrected chi connectivity index (χ3v) is 2.37. The Hall–Kier alpha value is -1.38. The lowest BCUT2D eigenvalue weighted by Gasteiger charge is -2.06. The molecule has 0 saturated carbocycles. The number of aliphatic imine (C=N–C) groups is 1. The van der Waals surface area contributed by atoms with Gasteiger partial charge in [0, 0.05) is 18.0 Å². The average molecular weight is 190 g/mol. The molecule has 0 amide bonds. The van der Waals surface area contributed by atoms with Gasteiger partial charge in [0.05, 0.1) is 6.04 Å². The first-order valence-corrected chi connectivity index (χ1v) is 4.88. The molecule has 1 unspecified atom stereocenters. The SMILES string of the molecule is CC(C)C1COC(c2ccncc2)=N1. The first-order chi connectivity index (χ1) is 6.77. The van der Waals surface area contributed by atoms with Crippen LogP contribution in [-0.2, 0) is 4.74 Å². The van der Waals surface area contributed by atoms with Crippen molar-refractivity contribution in [1.82, 2.24) is 4.98 Å². The fraction of sp³-hybridized carbons (Fsp3) is 0.455. The molecule has 0 spiro atoms. The lowest BCUT2D eigenvalue weighted by atomic mass is 10.1. The summed E-state index contributed by atoms with van der Waals surface area (Å²) in [6.07, 6.45) is 3.51. The van der Waals surface area contributed by atoms with Gasteiger partial charge in [-0.05, 0) is 18.1 Å². The second-order valence-electron chi connectivity index (χ2n) is 3.79. The van der Waals surface area contributed by atoms with Crippen molar-refractivity contribution < 1.29 is 4.74 Å². The predicted molar refractivity (Wildman–Crippen MR) is 55.4 cm³/mol. The lowest BCUT2D eigenvalue weighted by molar-refractivity contribution is 0.292. The molecule has 2 heterocycles. The summed E-state index contributed by atoms with van der Waals surface area (Å²) in [6.45, 7) is 5.02. The van der Waals surface area contributed by atoms with Gasteiger partial charge in [-0.2, -0.15) is 0 Å². The Morgan fingerprint density at radius 2 is 2.07 bits per heavy atom. The highest BCUT2D eigenvalue weighted by molar-refractivity contribution is 5.94. The van der Waals surface area contributed by atoms with E-state index < -0.39 is 0 Å². The van der Waals surface area contributed by atoms with Crippen LogP contribution in [0.15, 0.2) is 29.5 Å². The maximum Gasteiger partial charge on any atom is 0.216 e. The van der Waals surface area contributed by atoms with Crippen LogP contribution in [0.4, 0.5) is 0 Å². The fourth-order valence-electron chi connectivity index (χ4n) is 1.38. The summed E-state index contributed by atoms with van der Waals surface area (Å²) in [5.74, 6) is 1.29. The lowest BCUT2D eigenvalue weighted by Crippen LogP contribution is -2.13. The molecule has 1 aliphatic rings. The van der Waals surface area contributed by atoms with Crippen molar-refractivity contribution in [3.05, 3.63) is 30.1 Å². The molecule has 74 valence electrons. The molecule has 1 aromatic rings. The quantitative estimate of drug-likeness (QED) is 0.713. The molecule has 1 aliphatic heterocycles. The van der Waals surface area contributed by atoms with Gasteiger partial charge in [-0.1, -0.05) is 13.8 Å². The van der Waals surface area contributed by atoms with Crippen LogP contribution in [0.3, 0.4) is 0 Å². The number of aromatic nitrogens is 1. The molecular formula is C11H14N2O. The molecular weight excluding hydrogens is 176 g/mol. The molecule has 3 nitrogen and oxygen atoms in total. The van der Waals surface area contributed by atoms with Crippen LogP contribution in [0.25, 0.3) is 0 Å². The summed E-state index contributed by atoms with van der Waals surface area (Å²) in [4.78, 5) is 8.48. The molecule has 0 radical (unpaired) electrons. The fourth-order valence-corrected chi connectivity index (χ4v) is 1.38. The van der Waals surface area contributed by atoms with Gasteiger partial charge in [0.2, 0.25) is 5.90 Å². The van der Waals surface area contributed by atoms with E-state index >= 15 is 0 Å². The number of rotatable bonds is 2. The first-order valence-electron chi connectivity index (χ1n) is 4.88. The van der Waals surface area contributed by atoms with E-state index in [1.165, 1.54) is 0 Å². The number of hydrogen-bond donors (Lipinski definition) is 0. The minimum absolute atomic E-state index is 0.304. The minimum atomic E-state index is 0.304.